The summed E-state index contributed by atoms with van der Waals surface area (Å²) >= 11 is 0. The third kappa shape index (κ3) is 3.47. The van der Waals surface area contributed by atoms with Gasteiger partial charge in [-0.15, -0.1) is 0 Å². The minimum Gasteiger partial charge on any atom is -0.481 e. The van der Waals surface area contributed by atoms with Gasteiger partial charge in [0.2, 0.25) is 5.91 Å². The Morgan fingerprint density at radius 1 is 1.11 bits per heavy atom. The van der Waals surface area contributed by atoms with Crippen LogP contribution in [-0.2, 0) is 9.59 Å². The number of carboxylic acids is 1. The van der Waals surface area contributed by atoms with Crippen molar-refractivity contribution in [3.05, 3.63) is 0 Å². The van der Waals surface area contributed by atoms with Crippen molar-refractivity contribution in [3.8, 4) is 0 Å². The third-order valence-corrected chi connectivity index (χ3v) is 4.39. The second-order valence-corrected chi connectivity index (χ2v) is 5.73. The van der Waals surface area contributed by atoms with Crippen LogP contribution in [0.3, 0.4) is 0 Å². The first-order chi connectivity index (χ1) is 9.09. The fourth-order valence-electron chi connectivity index (χ4n) is 3.06. The highest BCUT2D eigenvalue weighted by Gasteiger charge is 2.34. The SMILES string of the molecule is CC(C(=O)N1CCC(C(=O)O)C1)N1CCCCCC1. The molecule has 0 saturated carbocycles. The van der Waals surface area contributed by atoms with Crippen LogP contribution >= 0.6 is 0 Å². The lowest BCUT2D eigenvalue weighted by molar-refractivity contribution is -0.141. The van der Waals surface area contributed by atoms with Crippen LogP contribution in [0.2, 0.25) is 0 Å². The average molecular weight is 268 g/mol. The van der Waals surface area contributed by atoms with Gasteiger partial charge in [0.15, 0.2) is 0 Å². The molecule has 2 heterocycles. The molecule has 1 N–H and O–H groups in total. The molecule has 2 atom stereocenters. The predicted molar refractivity (Wildman–Crippen MR) is 71.8 cm³/mol. The normalized spacial score (nSPS) is 27.0. The second-order valence-electron chi connectivity index (χ2n) is 5.73. The van der Waals surface area contributed by atoms with Crippen LogP contribution in [0, 0.1) is 5.92 Å². The molecule has 0 aromatic carbocycles. The molecule has 2 aliphatic heterocycles. The summed E-state index contributed by atoms with van der Waals surface area (Å²) in [6, 6.07) is -0.106. The van der Waals surface area contributed by atoms with E-state index in [1.165, 1.54) is 12.8 Å². The van der Waals surface area contributed by atoms with Gasteiger partial charge in [-0.2, -0.15) is 0 Å². The van der Waals surface area contributed by atoms with E-state index in [1.54, 1.807) is 4.90 Å². The monoisotopic (exact) mass is 268 g/mol. The van der Waals surface area contributed by atoms with Gasteiger partial charge in [-0.1, -0.05) is 12.8 Å². The highest BCUT2D eigenvalue weighted by atomic mass is 16.4. The molecule has 2 unspecified atom stereocenters. The van der Waals surface area contributed by atoms with E-state index in [-0.39, 0.29) is 17.9 Å². The van der Waals surface area contributed by atoms with Gasteiger partial charge in [0.05, 0.1) is 12.0 Å². The van der Waals surface area contributed by atoms with Gasteiger partial charge < -0.3 is 10.0 Å². The van der Waals surface area contributed by atoms with Crippen LogP contribution < -0.4 is 0 Å². The van der Waals surface area contributed by atoms with Crippen LogP contribution in [0.25, 0.3) is 0 Å². The van der Waals surface area contributed by atoms with Gasteiger partial charge >= 0.3 is 5.97 Å². The van der Waals surface area contributed by atoms with Gasteiger partial charge in [0.1, 0.15) is 0 Å². The van der Waals surface area contributed by atoms with Crippen molar-refractivity contribution in [1.29, 1.82) is 0 Å². The maximum absolute atomic E-state index is 12.4. The highest BCUT2D eigenvalue weighted by Crippen LogP contribution is 2.20. The fourth-order valence-corrected chi connectivity index (χ4v) is 3.06. The molecule has 5 nitrogen and oxygen atoms in total. The van der Waals surface area contributed by atoms with Crippen molar-refractivity contribution in [3.63, 3.8) is 0 Å². The van der Waals surface area contributed by atoms with Gasteiger partial charge in [-0.3, -0.25) is 14.5 Å². The lowest BCUT2D eigenvalue weighted by atomic mass is 10.1. The van der Waals surface area contributed by atoms with E-state index in [0.29, 0.717) is 19.5 Å². The molecule has 108 valence electrons. The lowest BCUT2D eigenvalue weighted by Gasteiger charge is -2.30. The molecule has 0 aromatic rings. The van der Waals surface area contributed by atoms with E-state index in [2.05, 4.69) is 4.90 Å². The van der Waals surface area contributed by atoms with E-state index >= 15 is 0 Å². The summed E-state index contributed by atoms with van der Waals surface area (Å²) in [5, 5.41) is 8.99. The van der Waals surface area contributed by atoms with Crippen LogP contribution in [0.15, 0.2) is 0 Å². The number of likely N-dealkylation sites (tertiary alicyclic amines) is 2. The Hall–Kier alpha value is -1.10. The van der Waals surface area contributed by atoms with E-state index < -0.39 is 5.97 Å². The average Bonchev–Trinajstić information content (AvgIpc) is 2.73. The minimum absolute atomic E-state index is 0.102. The summed E-state index contributed by atoms with van der Waals surface area (Å²) in [6.45, 7) is 4.91. The van der Waals surface area contributed by atoms with Crippen LogP contribution in [0.1, 0.15) is 39.0 Å². The van der Waals surface area contributed by atoms with Crippen molar-refractivity contribution in [2.75, 3.05) is 26.2 Å². The lowest BCUT2D eigenvalue weighted by Crippen LogP contribution is -2.47. The molecule has 2 rings (SSSR count). The molecule has 2 saturated heterocycles. The number of rotatable bonds is 3. The first-order valence-electron chi connectivity index (χ1n) is 7.35. The second kappa shape index (κ2) is 6.37. The van der Waals surface area contributed by atoms with Crippen molar-refractivity contribution in [1.82, 2.24) is 9.80 Å². The Labute approximate surface area is 114 Å². The number of hydrogen-bond acceptors (Lipinski definition) is 3. The van der Waals surface area contributed by atoms with Crippen molar-refractivity contribution in [2.45, 2.75) is 45.1 Å². The molecule has 2 fully saturated rings. The summed E-state index contributed by atoms with van der Waals surface area (Å²) in [5.41, 5.74) is 0. The summed E-state index contributed by atoms with van der Waals surface area (Å²) in [5.74, 6) is -1.05. The summed E-state index contributed by atoms with van der Waals surface area (Å²) in [7, 11) is 0. The van der Waals surface area contributed by atoms with Crippen molar-refractivity contribution in [2.24, 2.45) is 5.92 Å². The maximum Gasteiger partial charge on any atom is 0.308 e. The van der Waals surface area contributed by atoms with E-state index in [1.807, 2.05) is 6.92 Å². The van der Waals surface area contributed by atoms with Crippen LogP contribution in [-0.4, -0.2) is 59.0 Å². The first-order valence-corrected chi connectivity index (χ1v) is 7.35. The molecule has 5 heteroatoms. The molecule has 1 amide bonds. The molecular formula is C14H24N2O3. The van der Waals surface area contributed by atoms with Crippen LogP contribution in [0.5, 0.6) is 0 Å². The third-order valence-electron chi connectivity index (χ3n) is 4.39. The number of hydrogen-bond donors (Lipinski definition) is 1. The Kier molecular flexibility index (Phi) is 4.80. The molecule has 0 bridgehead atoms. The van der Waals surface area contributed by atoms with Crippen molar-refractivity contribution >= 4 is 11.9 Å². The Morgan fingerprint density at radius 3 is 2.26 bits per heavy atom. The quantitative estimate of drug-likeness (QED) is 0.835. The summed E-state index contributed by atoms with van der Waals surface area (Å²) < 4.78 is 0. The van der Waals surface area contributed by atoms with Crippen molar-refractivity contribution < 1.29 is 14.7 Å². The summed E-state index contributed by atoms with van der Waals surface area (Å²) in [6.07, 6.45) is 5.42. The zero-order valence-corrected chi connectivity index (χ0v) is 11.7. The smallest absolute Gasteiger partial charge is 0.308 e. The van der Waals surface area contributed by atoms with E-state index in [0.717, 1.165) is 25.9 Å². The van der Waals surface area contributed by atoms with E-state index in [4.69, 9.17) is 5.11 Å². The fraction of sp³-hybridized carbons (Fsp3) is 0.857. The Balaban J connectivity index is 1.90. The molecular weight excluding hydrogens is 244 g/mol. The van der Waals surface area contributed by atoms with E-state index in [9.17, 15) is 9.59 Å². The van der Waals surface area contributed by atoms with Gasteiger partial charge in [-0.25, -0.2) is 0 Å². The number of carboxylic acid groups (broad SMARTS) is 1. The Morgan fingerprint density at radius 2 is 1.74 bits per heavy atom. The number of nitrogens with zero attached hydrogens (tertiary/aromatic N) is 2. The molecule has 19 heavy (non-hydrogen) atoms. The zero-order chi connectivity index (χ0) is 13.8. The molecule has 2 aliphatic rings. The molecule has 0 radical (unpaired) electrons. The number of aliphatic carboxylic acids is 1. The molecule has 0 aromatic heterocycles. The molecule has 0 aliphatic carbocycles. The summed E-state index contributed by atoms with van der Waals surface area (Å²) in [4.78, 5) is 27.3. The van der Waals surface area contributed by atoms with Gasteiger partial charge in [-0.05, 0) is 39.3 Å². The minimum atomic E-state index is -0.780. The first kappa shape index (κ1) is 14.3. The van der Waals surface area contributed by atoms with Gasteiger partial charge in [0, 0.05) is 13.1 Å². The Bertz CT molecular complexity index is 338. The molecule has 0 spiro atoms. The standard InChI is InChI=1S/C14H24N2O3/c1-11(15-7-4-2-3-5-8-15)13(17)16-9-6-12(10-16)14(18)19/h11-12H,2-10H2,1H3,(H,18,19). The zero-order valence-electron chi connectivity index (χ0n) is 11.7. The largest absolute Gasteiger partial charge is 0.481 e. The highest BCUT2D eigenvalue weighted by molar-refractivity contribution is 5.83. The van der Waals surface area contributed by atoms with Gasteiger partial charge in [0.25, 0.3) is 0 Å². The predicted octanol–water partition coefficient (Wildman–Crippen LogP) is 1.18. The number of carbonyl (C=O) groups is 2. The topological polar surface area (TPSA) is 60.9 Å². The maximum atomic E-state index is 12.4. The van der Waals surface area contributed by atoms with Crippen LogP contribution in [0.4, 0.5) is 0 Å². The number of carbonyl (C=O) groups excluding carboxylic acids is 1. The number of amides is 1.